The SMILES string of the molecule is CN(CCN1CCCC1)S(=O)(=O)c1ncccc1F. The van der Waals surface area contributed by atoms with Gasteiger partial charge in [0, 0.05) is 26.3 Å². The lowest BCUT2D eigenvalue weighted by molar-refractivity contribution is 0.309. The first-order chi connectivity index (χ1) is 9.01. The fourth-order valence-electron chi connectivity index (χ4n) is 2.12. The molecule has 7 heteroatoms. The Morgan fingerprint density at radius 2 is 2.11 bits per heavy atom. The zero-order valence-electron chi connectivity index (χ0n) is 10.9. The summed E-state index contributed by atoms with van der Waals surface area (Å²) in [5.41, 5.74) is 0. The number of pyridine rings is 1. The van der Waals surface area contributed by atoms with Crippen molar-refractivity contribution in [3.8, 4) is 0 Å². The van der Waals surface area contributed by atoms with E-state index in [9.17, 15) is 12.8 Å². The molecule has 0 bridgehead atoms. The lowest BCUT2D eigenvalue weighted by atomic mass is 10.4. The first-order valence-corrected chi connectivity index (χ1v) is 7.75. The van der Waals surface area contributed by atoms with Gasteiger partial charge in [-0.1, -0.05) is 0 Å². The van der Waals surface area contributed by atoms with Gasteiger partial charge in [0.05, 0.1) is 0 Å². The second-order valence-electron chi connectivity index (χ2n) is 4.67. The third-order valence-electron chi connectivity index (χ3n) is 3.31. The monoisotopic (exact) mass is 287 g/mol. The highest BCUT2D eigenvalue weighted by atomic mass is 32.2. The highest BCUT2D eigenvalue weighted by molar-refractivity contribution is 7.89. The van der Waals surface area contributed by atoms with Gasteiger partial charge in [-0.2, -0.15) is 4.31 Å². The van der Waals surface area contributed by atoms with Gasteiger partial charge < -0.3 is 4.90 Å². The van der Waals surface area contributed by atoms with Crippen LogP contribution in [0.1, 0.15) is 12.8 Å². The molecule has 0 radical (unpaired) electrons. The van der Waals surface area contributed by atoms with E-state index in [4.69, 9.17) is 0 Å². The molecule has 1 saturated heterocycles. The number of sulfonamides is 1. The van der Waals surface area contributed by atoms with Gasteiger partial charge in [-0.15, -0.1) is 0 Å². The van der Waals surface area contributed by atoms with Crippen molar-refractivity contribution in [2.75, 3.05) is 33.2 Å². The van der Waals surface area contributed by atoms with Crippen LogP contribution >= 0.6 is 0 Å². The van der Waals surface area contributed by atoms with Crippen LogP contribution in [0.3, 0.4) is 0 Å². The predicted molar refractivity (Wildman–Crippen MR) is 69.7 cm³/mol. The predicted octanol–water partition coefficient (Wildman–Crippen LogP) is 0.937. The minimum Gasteiger partial charge on any atom is -0.302 e. The zero-order chi connectivity index (χ0) is 13.9. The summed E-state index contributed by atoms with van der Waals surface area (Å²) in [6.07, 6.45) is 3.60. The maximum atomic E-state index is 13.5. The standard InChI is InChI=1S/C12H18FN3O2S/c1-15(9-10-16-7-2-3-8-16)19(17,18)12-11(13)5-4-6-14-12/h4-6H,2-3,7-10H2,1H3. The van der Waals surface area contributed by atoms with E-state index in [1.807, 2.05) is 0 Å². The van der Waals surface area contributed by atoms with Crippen LogP contribution in [0.25, 0.3) is 0 Å². The Morgan fingerprint density at radius 1 is 1.42 bits per heavy atom. The topological polar surface area (TPSA) is 53.5 Å². The van der Waals surface area contributed by atoms with Gasteiger partial charge in [-0.05, 0) is 38.1 Å². The van der Waals surface area contributed by atoms with Crippen LogP contribution < -0.4 is 0 Å². The number of halogens is 1. The first kappa shape index (κ1) is 14.4. The van der Waals surface area contributed by atoms with Gasteiger partial charge in [-0.25, -0.2) is 17.8 Å². The van der Waals surface area contributed by atoms with Crippen molar-refractivity contribution in [1.29, 1.82) is 0 Å². The van der Waals surface area contributed by atoms with Crippen LogP contribution in [0.15, 0.2) is 23.4 Å². The quantitative estimate of drug-likeness (QED) is 0.808. The number of hydrogen-bond donors (Lipinski definition) is 0. The van der Waals surface area contributed by atoms with E-state index in [0.717, 1.165) is 36.3 Å². The molecule has 0 aromatic carbocycles. The Labute approximate surface area is 113 Å². The Morgan fingerprint density at radius 3 is 2.74 bits per heavy atom. The molecule has 1 fully saturated rings. The summed E-state index contributed by atoms with van der Waals surface area (Å²) < 4.78 is 39.0. The molecule has 5 nitrogen and oxygen atoms in total. The van der Waals surface area contributed by atoms with Crippen LogP contribution in [0.4, 0.5) is 4.39 Å². The van der Waals surface area contributed by atoms with Gasteiger partial charge in [0.2, 0.25) is 5.03 Å². The third-order valence-corrected chi connectivity index (χ3v) is 5.10. The minimum absolute atomic E-state index is 0.346. The molecule has 1 aliphatic rings. The first-order valence-electron chi connectivity index (χ1n) is 6.31. The van der Waals surface area contributed by atoms with E-state index in [0.29, 0.717) is 13.1 Å². The number of aromatic nitrogens is 1. The Bertz CT molecular complexity index is 530. The van der Waals surface area contributed by atoms with Crippen molar-refractivity contribution < 1.29 is 12.8 Å². The second-order valence-corrected chi connectivity index (χ2v) is 6.63. The van der Waals surface area contributed by atoms with E-state index in [-0.39, 0.29) is 0 Å². The average molecular weight is 287 g/mol. The van der Waals surface area contributed by atoms with Crippen LogP contribution in [0, 0.1) is 5.82 Å². The summed E-state index contributed by atoms with van der Waals surface area (Å²) in [4.78, 5) is 5.84. The largest absolute Gasteiger partial charge is 0.302 e. The van der Waals surface area contributed by atoms with Crippen molar-refractivity contribution in [3.05, 3.63) is 24.1 Å². The highest BCUT2D eigenvalue weighted by Gasteiger charge is 2.26. The maximum Gasteiger partial charge on any atom is 0.263 e. The fraction of sp³-hybridized carbons (Fsp3) is 0.583. The molecule has 0 atom stereocenters. The van der Waals surface area contributed by atoms with E-state index >= 15 is 0 Å². The zero-order valence-corrected chi connectivity index (χ0v) is 11.7. The average Bonchev–Trinajstić information content (AvgIpc) is 2.89. The summed E-state index contributed by atoms with van der Waals surface area (Å²) in [5.74, 6) is -0.810. The van der Waals surface area contributed by atoms with Gasteiger partial charge in [0.15, 0.2) is 5.82 Å². The minimum atomic E-state index is -3.84. The molecular formula is C12H18FN3O2S. The molecule has 0 saturated carbocycles. The summed E-state index contributed by atoms with van der Waals surface area (Å²) in [7, 11) is -2.38. The van der Waals surface area contributed by atoms with Crippen molar-refractivity contribution in [3.63, 3.8) is 0 Å². The molecule has 0 amide bonds. The van der Waals surface area contributed by atoms with Crippen LogP contribution in [0.2, 0.25) is 0 Å². The molecule has 0 spiro atoms. The van der Waals surface area contributed by atoms with Crippen LogP contribution in [0.5, 0.6) is 0 Å². The molecule has 1 aromatic heterocycles. The smallest absolute Gasteiger partial charge is 0.263 e. The van der Waals surface area contributed by atoms with E-state index in [2.05, 4.69) is 9.88 Å². The number of hydrogen-bond acceptors (Lipinski definition) is 4. The maximum absolute atomic E-state index is 13.5. The molecule has 0 unspecified atom stereocenters. The lowest BCUT2D eigenvalue weighted by Crippen LogP contribution is -2.35. The molecule has 1 aromatic rings. The van der Waals surface area contributed by atoms with Gasteiger partial charge in [0.1, 0.15) is 0 Å². The Hall–Kier alpha value is -1.05. The van der Waals surface area contributed by atoms with Crippen LogP contribution in [-0.2, 0) is 10.0 Å². The number of nitrogens with zero attached hydrogens (tertiary/aromatic N) is 3. The Kier molecular flexibility index (Phi) is 4.49. The number of rotatable bonds is 5. The summed E-state index contributed by atoms with van der Waals surface area (Å²) in [6, 6.07) is 2.48. The summed E-state index contributed by atoms with van der Waals surface area (Å²) in [6.45, 7) is 3.03. The Balaban J connectivity index is 2.04. The van der Waals surface area contributed by atoms with Gasteiger partial charge in [-0.3, -0.25) is 0 Å². The lowest BCUT2D eigenvalue weighted by Gasteiger charge is -2.20. The van der Waals surface area contributed by atoms with Crippen molar-refractivity contribution in [2.45, 2.75) is 17.9 Å². The molecule has 2 heterocycles. The van der Waals surface area contributed by atoms with E-state index in [1.165, 1.54) is 19.3 Å². The highest BCUT2D eigenvalue weighted by Crippen LogP contribution is 2.15. The normalized spacial score (nSPS) is 17.2. The van der Waals surface area contributed by atoms with Crippen molar-refractivity contribution in [2.24, 2.45) is 0 Å². The molecule has 2 rings (SSSR count). The second kappa shape index (κ2) is 5.94. The molecule has 1 aliphatic heterocycles. The van der Waals surface area contributed by atoms with Gasteiger partial charge in [0.25, 0.3) is 10.0 Å². The van der Waals surface area contributed by atoms with Gasteiger partial charge >= 0.3 is 0 Å². The molecule has 0 N–H and O–H groups in total. The summed E-state index contributed by atoms with van der Waals surface area (Å²) >= 11 is 0. The molecule has 106 valence electrons. The van der Waals surface area contributed by atoms with E-state index in [1.54, 1.807) is 0 Å². The third kappa shape index (κ3) is 3.29. The number of likely N-dealkylation sites (N-methyl/N-ethyl adjacent to an activating group) is 1. The van der Waals surface area contributed by atoms with Crippen molar-refractivity contribution >= 4 is 10.0 Å². The van der Waals surface area contributed by atoms with E-state index < -0.39 is 20.9 Å². The van der Waals surface area contributed by atoms with Crippen molar-refractivity contribution in [1.82, 2.24) is 14.2 Å². The molecule has 0 aliphatic carbocycles. The molecular weight excluding hydrogens is 269 g/mol. The fourth-order valence-corrected chi connectivity index (χ4v) is 3.24. The summed E-state index contributed by atoms with van der Waals surface area (Å²) in [5, 5.41) is -0.501. The van der Waals surface area contributed by atoms with Crippen LogP contribution in [-0.4, -0.2) is 55.8 Å². The number of likely N-dealkylation sites (tertiary alicyclic amines) is 1. The molecule has 19 heavy (non-hydrogen) atoms.